The number of hydrogen-bond acceptors (Lipinski definition) is 24. The lowest BCUT2D eigenvalue weighted by molar-refractivity contribution is -0.369. The van der Waals surface area contributed by atoms with Crippen LogP contribution in [0.15, 0.2) is 30.3 Å². The molecular weight excluding hydrogens is 852 g/mol. The Hall–Kier alpha value is -3.42. The van der Waals surface area contributed by atoms with Crippen LogP contribution in [0.1, 0.15) is 37.4 Å². The zero-order chi connectivity index (χ0) is 45.8. The van der Waals surface area contributed by atoms with Crippen molar-refractivity contribution in [3.63, 3.8) is 0 Å². The Morgan fingerprint density at radius 3 is 1.60 bits per heavy atom. The number of rotatable bonds is 12. The highest BCUT2D eigenvalue weighted by molar-refractivity contribution is 6.30. The van der Waals surface area contributed by atoms with E-state index < -0.39 is 167 Å². The van der Waals surface area contributed by atoms with Gasteiger partial charge < -0.3 is 109 Å². The number of aliphatic hydroxyl groups excluding tert-OH is 13. The SMILES string of the molecule is Cc1cc(O[C@H]2O[C@H](CO[C@H]3O[C@H](CO)[C@H](O)[C@H](O[C@@H]4O[C@H](CO[C@H]5O[C@H](CO)[C@H](O)[C@@H](O)[C@H]5O)[C@H](O)[C@@H](O)[C@H]4O)[C@H]3O)[C@H](O)[C@@H](O)[C@H]2O)c2c(c1)C(=O)c1cccc(O)c1C2=O. The van der Waals surface area contributed by atoms with Gasteiger partial charge >= 0.3 is 0 Å². The Balaban J connectivity index is 1.03. The molecule has 2 aromatic rings. The van der Waals surface area contributed by atoms with E-state index in [0.717, 1.165) is 0 Å². The van der Waals surface area contributed by atoms with Crippen LogP contribution in [-0.2, 0) is 33.2 Å². The standard InChI is InChI=1S/C39H50O24/c1-11-5-13-21(27(48)20-12(22(13)43)3-2-4-14(20)42)15(6-11)58-38-32(53)29(50)24(45)18(61-38)10-57-37-34(55)35(26(47)17(8-41)60-37)63-39-33(54)30(51)25(46)19(62-39)9-56-36-31(52)28(49)23(44)16(7-40)59-36/h2-6,16-19,23-26,28-42,44-47,49-55H,7-10H2,1H3/t16-,17-,18-,19-,23+,24+,25+,26+,28-,29-,30-,31-,32-,33-,34-,35+,36+,37+,38+,39+/m1/s1. The minimum atomic E-state index is -2.05. The van der Waals surface area contributed by atoms with E-state index in [9.17, 15) is 81.1 Å². The number of fused-ring (bicyclic) bond motifs is 2. The number of aromatic hydroxyl groups is 1. The second-order valence-electron chi connectivity index (χ2n) is 15.9. The van der Waals surface area contributed by atoms with Gasteiger partial charge in [-0.05, 0) is 30.7 Å². The highest BCUT2D eigenvalue weighted by Crippen LogP contribution is 2.39. The first-order valence-corrected chi connectivity index (χ1v) is 19.8. The number of aryl methyl sites for hydroxylation is 1. The van der Waals surface area contributed by atoms with E-state index in [1.54, 1.807) is 6.92 Å². The van der Waals surface area contributed by atoms with Crippen molar-refractivity contribution in [1.82, 2.24) is 0 Å². The van der Waals surface area contributed by atoms with Crippen LogP contribution < -0.4 is 4.74 Å². The van der Waals surface area contributed by atoms with Gasteiger partial charge in [-0.25, -0.2) is 0 Å². The van der Waals surface area contributed by atoms with Gasteiger partial charge in [0.1, 0.15) is 109 Å². The second kappa shape index (κ2) is 19.2. The molecule has 24 heteroatoms. The quantitative estimate of drug-likeness (QED) is 0.0803. The molecule has 5 aliphatic rings. The molecule has 14 N–H and O–H groups in total. The fourth-order valence-electron chi connectivity index (χ4n) is 8.03. The molecule has 0 aromatic heterocycles. The normalized spacial score (nSPS) is 41.8. The largest absolute Gasteiger partial charge is 0.507 e. The summed E-state index contributed by atoms with van der Waals surface area (Å²) >= 11 is 0. The van der Waals surface area contributed by atoms with Crippen molar-refractivity contribution >= 4 is 11.6 Å². The van der Waals surface area contributed by atoms with Crippen LogP contribution in [0.2, 0.25) is 0 Å². The first-order valence-electron chi connectivity index (χ1n) is 19.8. The molecule has 4 fully saturated rings. The van der Waals surface area contributed by atoms with E-state index in [2.05, 4.69) is 0 Å². The predicted molar refractivity (Wildman–Crippen MR) is 198 cm³/mol. The summed E-state index contributed by atoms with van der Waals surface area (Å²) in [5.41, 5.74) is -0.243. The first kappa shape index (κ1) is 47.5. The van der Waals surface area contributed by atoms with E-state index in [4.69, 9.17) is 37.9 Å². The van der Waals surface area contributed by atoms with Crippen molar-refractivity contribution in [3.05, 3.63) is 58.1 Å². The highest BCUT2D eigenvalue weighted by atomic mass is 16.8. The summed E-state index contributed by atoms with van der Waals surface area (Å²) in [5, 5.41) is 147. The van der Waals surface area contributed by atoms with Crippen LogP contribution in [0.25, 0.3) is 0 Å². The smallest absolute Gasteiger partial charge is 0.229 e. The second-order valence-corrected chi connectivity index (χ2v) is 15.9. The molecule has 0 spiro atoms. The van der Waals surface area contributed by atoms with E-state index in [0.29, 0.717) is 5.56 Å². The molecule has 4 aliphatic heterocycles. The van der Waals surface area contributed by atoms with Gasteiger partial charge in [-0.15, -0.1) is 0 Å². The fourth-order valence-corrected chi connectivity index (χ4v) is 8.03. The Kier molecular flexibility index (Phi) is 14.5. The number of hydrogen-bond donors (Lipinski definition) is 14. The zero-order valence-corrected chi connectivity index (χ0v) is 33.1. The van der Waals surface area contributed by atoms with Gasteiger partial charge in [0.25, 0.3) is 0 Å². The van der Waals surface area contributed by atoms with E-state index >= 15 is 0 Å². The summed E-state index contributed by atoms with van der Waals surface area (Å²) in [5.74, 6) is -2.13. The number of benzene rings is 2. The predicted octanol–water partition coefficient (Wildman–Crippen LogP) is -6.87. The summed E-state index contributed by atoms with van der Waals surface area (Å²) in [6, 6.07) is 6.77. The molecule has 0 amide bonds. The molecule has 20 atom stereocenters. The monoisotopic (exact) mass is 902 g/mol. The van der Waals surface area contributed by atoms with E-state index in [-0.39, 0.29) is 28.0 Å². The van der Waals surface area contributed by atoms with Crippen molar-refractivity contribution in [2.75, 3.05) is 26.4 Å². The van der Waals surface area contributed by atoms with Gasteiger partial charge in [0.2, 0.25) is 12.1 Å². The van der Waals surface area contributed by atoms with Gasteiger partial charge in [0.15, 0.2) is 24.7 Å². The van der Waals surface area contributed by atoms with Crippen LogP contribution in [0.3, 0.4) is 0 Å². The van der Waals surface area contributed by atoms with Gasteiger partial charge in [-0.3, -0.25) is 9.59 Å². The van der Waals surface area contributed by atoms with E-state index in [1.807, 2.05) is 0 Å². The van der Waals surface area contributed by atoms with Crippen molar-refractivity contribution in [1.29, 1.82) is 0 Å². The summed E-state index contributed by atoms with van der Waals surface area (Å²) in [4.78, 5) is 27.1. The summed E-state index contributed by atoms with van der Waals surface area (Å²) in [6.45, 7) is -1.60. The molecule has 1 aliphatic carbocycles. The number of phenolic OH excluding ortho intramolecular Hbond substituents is 1. The van der Waals surface area contributed by atoms with Crippen molar-refractivity contribution < 1.29 is 119 Å². The molecule has 2 aromatic carbocycles. The number of carbonyl (C=O) groups is 2. The highest BCUT2D eigenvalue weighted by Gasteiger charge is 2.53. The minimum absolute atomic E-state index is 0.0489. The summed E-state index contributed by atoms with van der Waals surface area (Å²) in [6.07, 6.45) is -36.4. The molecule has 63 heavy (non-hydrogen) atoms. The molecular formula is C39H50O24. The number of aliphatic hydroxyl groups is 13. The summed E-state index contributed by atoms with van der Waals surface area (Å²) in [7, 11) is 0. The lowest BCUT2D eigenvalue weighted by Gasteiger charge is -2.46. The lowest BCUT2D eigenvalue weighted by Crippen LogP contribution is -2.65. The minimum Gasteiger partial charge on any atom is -0.507 e. The molecule has 0 unspecified atom stereocenters. The summed E-state index contributed by atoms with van der Waals surface area (Å²) < 4.78 is 44.8. The molecule has 4 heterocycles. The fraction of sp³-hybridized carbons (Fsp3) is 0.641. The zero-order valence-electron chi connectivity index (χ0n) is 33.1. The van der Waals surface area contributed by atoms with Crippen LogP contribution in [0, 0.1) is 6.92 Å². The molecule has 24 nitrogen and oxygen atoms in total. The number of ether oxygens (including phenoxy) is 8. The van der Waals surface area contributed by atoms with Crippen molar-refractivity contribution in [3.8, 4) is 11.5 Å². The average Bonchev–Trinajstić information content (AvgIpc) is 3.26. The van der Waals surface area contributed by atoms with Crippen molar-refractivity contribution in [2.45, 2.75) is 130 Å². The van der Waals surface area contributed by atoms with Gasteiger partial charge in [-0.2, -0.15) is 0 Å². The van der Waals surface area contributed by atoms with Crippen molar-refractivity contribution in [2.24, 2.45) is 0 Å². The number of phenols is 1. The van der Waals surface area contributed by atoms with E-state index in [1.165, 1.54) is 30.3 Å². The molecule has 0 saturated carbocycles. The molecule has 350 valence electrons. The molecule has 7 rings (SSSR count). The number of carbonyl (C=O) groups excluding carboxylic acids is 2. The maximum atomic E-state index is 13.7. The van der Waals surface area contributed by atoms with Crippen LogP contribution in [-0.4, -0.2) is 232 Å². The first-order chi connectivity index (χ1) is 29.9. The Morgan fingerprint density at radius 2 is 1.02 bits per heavy atom. The molecule has 4 saturated heterocycles. The van der Waals surface area contributed by atoms with Gasteiger partial charge in [-0.1, -0.05) is 12.1 Å². The third kappa shape index (κ3) is 8.97. The maximum absolute atomic E-state index is 13.7. The lowest BCUT2D eigenvalue weighted by atomic mass is 9.82. The Bertz CT molecular complexity index is 1950. The van der Waals surface area contributed by atoms with Gasteiger partial charge in [0, 0.05) is 11.1 Å². The maximum Gasteiger partial charge on any atom is 0.229 e. The average molecular weight is 903 g/mol. The molecule has 0 bridgehead atoms. The van der Waals surface area contributed by atoms with Crippen LogP contribution in [0.5, 0.6) is 11.5 Å². The van der Waals surface area contributed by atoms with Gasteiger partial charge in [0.05, 0.1) is 37.6 Å². The Morgan fingerprint density at radius 1 is 0.524 bits per heavy atom. The third-order valence-corrected chi connectivity index (χ3v) is 11.6. The number of ketones is 2. The van der Waals surface area contributed by atoms with Crippen LogP contribution in [0.4, 0.5) is 0 Å². The van der Waals surface area contributed by atoms with Crippen LogP contribution >= 0.6 is 0 Å². The molecule has 0 radical (unpaired) electrons. The third-order valence-electron chi connectivity index (χ3n) is 11.6. The topological polar surface area (TPSA) is 391 Å². The Labute approximate surface area is 356 Å².